The van der Waals surface area contributed by atoms with E-state index >= 15 is 0 Å². The first kappa shape index (κ1) is 8.34. The molecule has 0 N–H and O–H groups in total. The highest BCUT2D eigenvalue weighted by molar-refractivity contribution is 4.95. The average molecular weight is 164 g/mol. The summed E-state index contributed by atoms with van der Waals surface area (Å²) in [6.07, 6.45) is 16.7. The molecule has 2 unspecified atom stereocenters. The molecule has 1 saturated carbocycles. The largest absolute Gasteiger partial charge is 0.0882 e. The molecule has 0 nitrogen and oxygen atoms in total. The fourth-order valence-corrected chi connectivity index (χ4v) is 2.79. The van der Waals surface area contributed by atoms with Gasteiger partial charge in [0.25, 0.3) is 0 Å². The predicted molar refractivity (Wildman–Crippen MR) is 53.1 cm³/mol. The highest BCUT2D eigenvalue weighted by Gasteiger charge is 2.21. The third-order valence-corrected chi connectivity index (χ3v) is 3.55. The third-order valence-electron chi connectivity index (χ3n) is 3.55. The molecule has 0 aliphatic heterocycles. The Kier molecular flexibility index (Phi) is 2.86. The fourth-order valence-electron chi connectivity index (χ4n) is 2.79. The number of rotatable bonds is 0. The van der Waals surface area contributed by atoms with E-state index in [1.165, 1.54) is 51.4 Å². The maximum absolute atomic E-state index is 2.52. The molecule has 0 saturated heterocycles. The first-order valence-corrected chi connectivity index (χ1v) is 5.63. The van der Waals surface area contributed by atoms with Gasteiger partial charge in [0, 0.05) is 0 Å². The molecule has 0 heteroatoms. The van der Waals surface area contributed by atoms with Crippen molar-refractivity contribution in [3.8, 4) is 0 Å². The van der Waals surface area contributed by atoms with Gasteiger partial charge in [-0.1, -0.05) is 31.4 Å². The molecule has 0 radical (unpaired) electrons. The molecule has 2 aliphatic rings. The first-order chi connectivity index (χ1) is 5.97. The summed E-state index contributed by atoms with van der Waals surface area (Å²) in [5.74, 6) is 2.00. The minimum atomic E-state index is 0.954. The summed E-state index contributed by atoms with van der Waals surface area (Å²) in [7, 11) is 0. The van der Waals surface area contributed by atoms with Gasteiger partial charge in [0.15, 0.2) is 0 Å². The van der Waals surface area contributed by atoms with E-state index in [1.807, 2.05) is 0 Å². The summed E-state index contributed by atoms with van der Waals surface area (Å²) >= 11 is 0. The van der Waals surface area contributed by atoms with Gasteiger partial charge >= 0.3 is 0 Å². The zero-order valence-electron chi connectivity index (χ0n) is 7.97. The van der Waals surface area contributed by atoms with Crippen molar-refractivity contribution in [2.24, 2.45) is 11.8 Å². The van der Waals surface area contributed by atoms with Crippen molar-refractivity contribution in [2.75, 3.05) is 0 Å². The van der Waals surface area contributed by atoms with E-state index in [0.717, 1.165) is 11.8 Å². The minimum Gasteiger partial charge on any atom is -0.0882 e. The van der Waals surface area contributed by atoms with Crippen LogP contribution in [0.3, 0.4) is 0 Å². The molecule has 0 amide bonds. The van der Waals surface area contributed by atoms with Gasteiger partial charge in [-0.25, -0.2) is 0 Å². The van der Waals surface area contributed by atoms with Crippen LogP contribution in [0.25, 0.3) is 0 Å². The van der Waals surface area contributed by atoms with Crippen molar-refractivity contribution in [2.45, 2.75) is 51.4 Å². The van der Waals surface area contributed by atoms with E-state index in [1.54, 1.807) is 0 Å². The second kappa shape index (κ2) is 4.11. The van der Waals surface area contributed by atoms with Gasteiger partial charge in [-0.2, -0.15) is 0 Å². The van der Waals surface area contributed by atoms with Crippen molar-refractivity contribution < 1.29 is 0 Å². The Morgan fingerprint density at radius 3 is 2.67 bits per heavy atom. The van der Waals surface area contributed by atoms with Gasteiger partial charge in [0.05, 0.1) is 0 Å². The lowest BCUT2D eigenvalue weighted by Crippen LogP contribution is -2.09. The van der Waals surface area contributed by atoms with Crippen LogP contribution in [0.2, 0.25) is 0 Å². The molecule has 0 bridgehead atoms. The van der Waals surface area contributed by atoms with E-state index in [0.29, 0.717) is 0 Å². The van der Waals surface area contributed by atoms with Crippen molar-refractivity contribution in [1.29, 1.82) is 0 Å². The molecule has 0 aromatic carbocycles. The van der Waals surface area contributed by atoms with Crippen LogP contribution in [0, 0.1) is 11.8 Å². The Morgan fingerprint density at radius 2 is 1.67 bits per heavy atom. The van der Waals surface area contributed by atoms with Crippen molar-refractivity contribution in [3.63, 3.8) is 0 Å². The van der Waals surface area contributed by atoms with Gasteiger partial charge in [0.1, 0.15) is 0 Å². The third kappa shape index (κ3) is 1.91. The summed E-state index contributed by atoms with van der Waals surface area (Å²) in [5.41, 5.74) is 0. The van der Waals surface area contributed by atoms with Crippen LogP contribution in [0.1, 0.15) is 51.4 Å². The second-order valence-corrected chi connectivity index (χ2v) is 4.42. The number of hydrogen-bond acceptors (Lipinski definition) is 0. The van der Waals surface area contributed by atoms with Crippen LogP contribution in [-0.2, 0) is 0 Å². The molecule has 0 aromatic heterocycles. The summed E-state index contributed by atoms with van der Waals surface area (Å²) < 4.78 is 0. The Bertz CT molecular complexity index is 157. The molecule has 0 heterocycles. The maximum atomic E-state index is 2.52. The second-order valence-electron chi connectivity index (χ2n) is 4.42. The van der Waals surface area contributed by atoms with Gasteiger partial charge in [-0.15, -0.1) is 0 Å². The molecule has 1 fully saturated rings. The molecule has 12 heavy (non-hydrogen) atoms. The summed E-state index contributed by atoms with van der Waals surface area (Å²) in [6, 6.07) is 0. The zero-order chi connectivity index (χ0) is 8.23. The Labute approximate surface area is 76.1 Å². The van der Waals surface area contributed by atoms with Crippen molar-refractivity contribution in [3.05, 3.63) is 12.2 Å². The molecule has 2 aliphatic carbocycles. The number of fused-ring (bicyclic) bond motifs is 1. The molecular formula is C12H20. The molecular weight excluding hydrogens is 144 g/mol. The Morgan fingerprint density at radius 1 is 0.833 bits per heavy atom. The van der Waals surface area contributed by atoms with Gasteiger partial charge < -0.3 is 0 Å². The topological polar surface area (TPSA) is 0 Å². The lowest BCUT2D eigenvalue weighted by molar-refractivity contribution is 0.350. The maximum Gasteiger partial charge on any atom is -0.0205 e. The van der Waals surface area contributed by atoms with E-state index in [4.69, 9.17) is 0 Å². The SMILES string of the molecule is C1=CC2CCCCCC2CCC1. The minimum absolute atomic E-state index is 0.954. The monoisotopic (exact) mass is 164 g/mol. The normalized spacial score (nSPS) is 36.7. The van der Waals surface area contributed by atoms with Crippen LogP contribution >= 0.6 is 0 Å². The molecule has 0 aromatic rings. The van der Waals surface area contributed by atoms with Gasteiger partial charge in [-0.3, -0.25) is 0 Å². The first-order valence-electron chi connectivity index (χ1n) is 5.63. The summed E-state index contributed by atoms with van der Waals surface area (Å²) in [4.78, 5) is 0. The number of allylic oxidation sites excluding steroid dienone is 2. The molecule has 0 spiro atoms. The van der Waals surface area contributed by atoms with Gasteiger partial charge in [0.2, 0.25) is 0 Å². The van der Waals surface area contributed by atoms with Crippen molar-refractivity contribution in [1.82, 2.24) is 0 Å². The predicted octanol–water partition coefficient (Wildman–Crippen LogP) is 3.92. The van der Waals surface area contributed by atoms with Crippen LogP contribution < -0.4 is 0 Å². The quantitative estimate of drug-likeness (QED) is 0.476. The lowest BCUT2D eigenvalue weighted by Gasteiger charge is -2.19. The molecule has 2 rings (SSSR count). The molecule has 68 valence electrons. The smallest absolute Gasteiger partial charge is 0.0205 e. The van der Waals surface area contributed by atoms with Crippen molar-refractivity contribution >= 4 is 0 Å². The summed E-state index contributed by atoms with van der Waals surface area (Å²) in [5, 5.41) is 0. The fraction of sp³-hybridized carbons (Fsp3) is 0.833. The van der Waals surface area contributed by atoms with Gasteiger partial charge in [-0.05, 0) is 43.9 Å². The summed E-state index contributed by atoms with van der Waals surface area (Å²) in [6.45, 7) is 0. The average Bonchev–Trinajstić information content (AvgIpc) is 2.38. The van der Waals surface area contributed by atoms with E-state index in [9.17, 15) is 0 Å². The Balaban J connectivity index is 2.02. The standard InChI is InChI=1S/C12H20/c1-3-7-11-9-5-2-6-10-12(11)8-4-1/h3,7,11-12H,1-2,4-6,8-10H2. The Hall–Kier alpha value is -0.260. The van der Waals surface area contributed by atoms with Crippen LogP contribution in [0.15, 0.2) is 12.2 Å². The van der Waals surface area contributed by atoms with E-state index < -0.39 is 0 Å². The van der Waals surface area contributed by atoms with Crippen LogP contribution in [0.4, 0.5) is 0 Å². The molecule has 2 atom stereocenters. The number of hydrogen-bond donors (Lipinski definition) is 0. The highest BCUT2D eigenvalue weighted by Crippen LogP contribution is 2.34. The highest BCUT2D eigenvalue weighted by atomic mass is 14.3. The van der Waals surface area contributed by atoms with E-state index in [2.05, 4.69) is 12.2 Å². The van der Waals surface area contributed by atoms with Crippen LogP contribution in [-0.4, -0.2) is 0 Å². The van der Waals surface area contributed by atoms with E-state index in [-0.39, 0.29) is 0 Å². The lowest BCUT2D eigenvalue weighted by atomic mass is 9.86. The van der Waals surface area contributed by atoms with Crippen LogP contribution in [0.5, 0.6) is 0 Å². The zero-order valence-corrected chi connectivity index (χ0v) is 7.97.